The summed E-state index contributed by atoms with van der Waals surface area (Å²) in [7, 11) is -0.668. The van der Waals surface area contributed by atoms with Crippen molar-refractivity contribution in [2.24, 2.45) is 0 Å². The Hall–Kier alpha value is -2.77. The van der Waals surface area contributed by atoms with Crippen molar-refractivity contribution < 1.29 is 14.3 Å². The number of esters is 1. The topological polar surface area (TPSA) is 43.4 Å². The summed E-state index contributed by atoms with van der Waals surface area (Å²) >= 11 is 0. The van der Waals surface area contributed by atoms with E-state index in [0.29, 0.717) is 18.6 Å². The van der Waals surface area contributed by atoms with Crippen LogP contribution in [-0.4, -0.2) is 24.5 Å². The molecule has 0 heterocycles. The van der Waals surface area contributed by atoms with Gasteiger partial charge in [-0.1, -0.05) is 78.9 Å². The first-order valence-electron chi connectivity index (χ1n) is 9.84. The van der Waals surface area contributed by atoms with Crippen molar-refractivity contribution in [1.29, 1.82) is 0 Å². The maximum absolute atomic E-state index is 12.1. The van der Waals surface area contributed by atoms with Gasteiger partial charge in [0.25, 0.3) is 0 Å². The summed E-state index contributed by atoms with van der Waals surface area (Å²) in [6.07, 6.45) is 3.08. The summed E-state index contributed by atoms with van der Waals surface area (Å²) in [4.78, 5) is 23.6. The Bertz CT molecular complexity index is 842. The second-order valence-corrected chi connectivity index (χ2v) is 9.24. The third-order valence-corrected chi connectivity index (χ3v) is 7.63. The molecule has 0 N–H and O–H groups in total. The Labute approximate surface area is 173 Å². The van der Waals surface area contributed by atoms with E-state index in [1.165, 1.54) is 10.6 Å². The van der Waals surface area contributed by atoms with E-state index in [2.05, 4.69) is 24.3 Å². The van der Waals surface area contributed by atoms with Gasteiger partial charge in [-0.15, -0.1) is 0 Å². The fourth-order valence-electron chi connectivity index (χ4n) is 3.35. The molecule has 0 bridgehead atoms. The Morgan fingerprint density at radius 3 is 1.86 bits per heavy atom. The SMILES string of the molecule is O=CC[C@@H](CCCOC(=O)c1ccccc1)P(c1ccccc1)c1ccccc1. The standard InChI is InChI=1S/C25H25O3P/c26-19-18-24(17-10-20-28-25(27)21-11-4-1-5-12-21)29(22-13-6-2-7-14-22)23-15-8-3-9-16-23/h1-9,11-16,19,24H,10,17-18,20H2/t24-/m1/s1. The summed E-state index contributed by atoms with van der Waals surface area (Å²) in [6.45, 7) is 0.357. The zero-order chi connectivity index (χ0) is 20.3. The van der Waals surface area contributed by atoms with Crippen LogP contribution < -0.4 is 10.6 Å². The van der Waals surface area contributed by atoms with Crippen molar-refractivity contribution in [1.82, 2.24) is 0 Å². The smallest absolute Gasteiger partial charge is 0.338 e. The lowest BCUT2D eigenvalue weighted by atomic mass is 10.2. The van der Waals surface area contributed by atoms with Gasteiger partial charge in [-0.3, -0.25) is 0 Å². The maximum atomic E-state index is 12.1. The summed E-state index contributed by atoms with van der Waals surface area (Å²) in [6, 6.07) is 29.8. The van der Waals surface area contributed by atoms with Crippen molar-refractivity contribution in [3.8, 4) is 0 Å². The van der Waals surface area contributed by atoms with Gasteiger partial charge in [-0.2, -0.15) is 0 Å². The molecule has 0 saturated carbocycles. The van der Waals surface area contributed by atoms with Crippen LogP contribution in [0, 0.1) is 0 Å². The van der Waals surface area contributed by atoms with Gasteiger partial charge in [0.15, 0.2) is 0 Å². The minimum Gasteiger partial charge on any atom is -0.462 e. The summed E-state index contributed by atoms with van der Waals surface area (Å²) < 4.78 is 5.43. The van der Waals surface area contributed by atoms with Crippen LogP contribution in [0.25, 0.3) is 0 Å². The van der Waals surface area contributed by atoms with E-state index in [0.717, 1.165) is 19.1 Å². The summed E-state index contributed by atoms with van der Waals surface area (Å²) in [5, 5.41) is 2.53. The predicted octanol–water partition coefficient (Wildman–Crippen LogP) is 4.71. The Kier molecular flexibility index (Phi) is 8.15. The van der Waals surface area contributed by atoms with Gasteiger partial charge in [0, 0.05) is 6.42 Å². The number of rotatable bonds is 10. The molecule has 4 heteroatoms. The molecular formula is C25H25O3P. The van der Waals surface area contributed by atoms with Crippen molar-refractivity contribution in [2.75, 3.05) is 6.61 Å². The van der Waals surface area contributed by atoms with Gasteiger partial charge < -0.3 is 9.53 Å². The molecule has 3 rings (SSSR count). The quantitative estimate of drug-likeness (QED) is 0.213. The third kappa shape index (κ3) is 6.10. The minimum absolute atomic E-state index is 0.211. The van der Waals surface area contributed by atoms with Gasteiger partial charge in [0.2, 0.25) is 0 Å². The predicted molar refractivity (Wildman–Crippen MR) is 119 cm³/mol. The van der Waals surface area contributed by atoms with E-state index < -0.39 is 7.92 Å². The lowest BCUT2D eigenvalue weighted by molar-refractivity contribution is -0.107. The van der Waals surface area contributed by atoms with Crippen molar-refractivity contribution in [3.05, 3.63) is 96.6 Å². The number of carbonyl (C=O) groups is 2. The molecule has 0 spiro atoms. The number of benzene rings is 3. The largest absolute Gasteiger partial charge is 0.462 e. The van der Waals surface area contributed by atoms with Crippen LogP contribution in [0.5, 0.6) is 0 Å². The van der Waals surface area contributed by atoms with Gasteiger partial charge in [-0.05, 0) is 49.2 Å². The maximum Gasteiger partial charge on any atom is 0.338 e. The highest BCUT2D eigenvalue weighted by Crippen LogP contribution is 2.43. The van der Waals surface area contributed by atoms with Crippen LogP contribution in [-0.2, 0) is 9.53 Å². The van der Waals surface area contributed by atoms with E-state index in [1.807, 2.05) is 54.6 Å². The van der Waals surface area contributed by atoms with Crippen molar-refractivity contribution in [3.63, 3.8) is 0 Å². The summed E-state index contributed by atoms with van der Waals surface area (Å²) in [5.41, 5.74) is 0.774. The highest BCUT2D eigenvalue weighted by molar-refractivity contribution is 7.73. The molecule has 0 aliphatic carbocycles. The molecule has 0 aliphatic rings. The van der Waals surface area contributed by atoms with Gasteiger partial charge in [-0.25, -0.2) is 4.79 Å². The van der Waals surface area contributed by atoms with Crippen LogP contribution in [0.3, 0.4) is 0 Å². The number of hydrogen-bond donors (Lipinski definition) is 0. The molecule has 0 amide bonds. The molecule has 0 saturated heterocycles. The van der Waals surface area contributed by atoms with E-state index in [1.54, 1.807) is 12.1 Å². The fraction of sp³-hybridized carbons (Fsp3) is 0.200. The average molecular weight is 404 g/mol. The van der Waals surface area contributed by atoms with Crippen LogP contribution in [0.15, 0.2) is 91.0 Å². The molecule has 3 nitrogen and oxygen atoms in total. The number of ether oxygens (including phenoxy) is 1. The van der Waals surface area contributed by atoms with Gasteiger partial charge >= 0.3 is 5.97 Å². The molecular weight excluding hydrogens is 379 g/mol. The van der Waals surface area contributed by atoms with Crippen LogP contribution in [0.1, 0.15) is 29.6 Å². The van der Waals surface area contributed by atoms with E-state index in [9.17, 15) is 9.59 Å². The Morgan fingerprint density at radius 2 is 1.34 bits per heavy atom. The monoisotopic (exact) mass is 404 g/mol. The van der Waals surface area contributed by atoms with E-state index in [4.69, 9.17) is 4.74 Å². The third-order valence-electron chi connectivity index (χ3n) is 4.73. The molecule has 3 aromatic carbocycles. The van der Waals surface area contributed by atoms with Crippen LogP contribution in [0.4, 0.5) is 0 Å². The first kappa shape index (κ1) is 21.0. The van der Waals surface area contributed by atoms with Crippen molar-refractivity contribution in [2.45, 2.75) is 24.9 Å². The second-order valence-electron chi connectivity index (χ2n) is 6.74. The van der Waals surface area contributed by atoms with Gasteiger partial charge in [0.05, 0.1) is 12.2 Å². The average Bonchev–Trinajstić information content (AvgIpc) is 2.79. The molecule has 3 aromatic rings. The second kappa shape index (κ2) is 11.3. The minimum atomic E-state index is -0.668. The first-order chi connectivity index (χ1) is 14.3. The molecule has 1 atom stereocenters. The summed E-state index contributed by atoms with van der Waals surface area (Å²) in [5.74, 6) is -0.300. The van der Waals surface area contributed by atoms with Crippen LogP contribution in [0.2, 0.25) is 0 Å². The highest BCUT2D eigenvalue weighted by Gasteiger charge is 2.24. The van der Waals surface area contributed by atoms with E-state index in [-0.39, 0.29) is 11.6 Å². The van der Waals surface area contributed by atoms with Crippen LogP contribution >= 0.6 is 7.92 Å². The molecule has 148 valence electrons. The normalized spacial score (nSPS) is 11.8. The molecule has 0 aromatic heterocycles. The van der Waals surface area contributed by atoms with E-state index >= 15 is 0 Å². The number of aldehydes is 1. The number of hydrogen-bond acceptors (Lipinski definition) is 3. The zero-order valence-corrected chi connectivity index (χ0v) is 17.2. The Balaban J connectivity index is 1.67. The van der Waals surface area contributed by atoms with Gasteiger partial charge in [0.1, 0.15) is 6.29 Å². The van der Waals surface area contributed by atoms with Crippen molar-refractivity contribution >= 4 is 30.8 Å². The fourth-order valence-corrected chi connectivity index (χ4v) is 6.22. The molecule has 0 unspecified atom stereocenters. The molecule has 29 heavy (non-hydrogen) atoms. The molecule has 0 fully saturated rings. The highest BCUT2D eigenvalue weighted by atomic mass is 31.1. The Morgan fingerprint density at radius 1 is 0.828 bits per heavy atom. The number of carbonyl (C=O) groups excluding carboxylic acids is 2. The zero-order valence-electron chi connectivity index (χ0n) is 16.3. The lowest BCUT2D eigenvalue weighted by Crippen LogP contribution is -2.23. The lowest BCUT2D eigenvalue weighted by Gasteiger charge is -2.27. The molecule has 0 radical (unpaired) electrons. The first-order valence-corrected chi connectivity index (χ1v) is 11.3. The molecule has 0 aliphatic heterocycles.